The highest BCUT2D eigenvalue weighted by Gasteiger charge is 2.37. The number of carbonyl (C=O) groups excluding carboxylic acids is 3. The van der Waals surface area contributed by atoms with Gasteiger partial charge < -0.3 is 15.1 Å². The molecule has 2 saturated heterocycles. The topological polar surface area (TPSA) is 73.0 Å². The standard InChI is InChI=1S/C17H21FN4O3/c1-19-16(24)14-3-2-8-22(14)15(23)11-20-9-10-21(17(20)25)13-6-4-12(18)5-7-13/h4-7,14H,2-3,8-11H2,1H3,(H,19,24). The Morgan fingerprint density at radius 1 is 1.20 bits per heavy atom. The molecule has 4 amide bonds. The summed E-state index contributed by atoms with van der Waals surface area (Å²) in [5.74, 6) is -0.761. The first-order valence-corrected chi connectivity index (χ1v) is 8.34. The molecule has 2 aliphatic heterocycles. The van der Waals surface area contributed by atoms with Crippen LogP contribution in [0, 0.1) is 5.82 Å². The van der Waals surface area contributed by atoms with Gasteiger partial charge in [0.25, 0.3) is 0 Å². The lowest BCUT2D eigenvalue weighted by Crippen LogP contribution is -2.48. The Hall–Kier alpha value is -2.64. The summed E-state index contributed by atoms with van der Waals surface area (Å²) in [6.07, 6.45) is 1.42. The highest BCUT2D eigenvalue weighted by Crippen LogP contribution is 2.22. The molecule has 1 N–H and O–H groups in total. The number of urea groups is 1. The van der Waals surface area contributed by atoms with Crippen LogP contribution in [0.15, 0.2) is 24.3 Å². The molecule has 7 nitrogen and oxygen atoms in total. The number of halogens is 1. The largest absolute Gasteiger partial charge is 0.357 e. The van der Waals surface area contributed by atoms with Crippen LogP contribution in [-0.2, 0) is 9.59 Å². The van der Waals surface area contributed by atoms with Crippen LogP contribution in [0.2, 0.25) is 0 Å². The van der Waals surface area contributed by atoms with Crippen molar-refractivity contribution in [2.24, 2.45) is 0 Å². The van der Waals surface area contributed by atoms with Crippen LogP contribution in [0.25, 0.3) is 0 Å². The van der Waals surface area contributed by atoms with Crippen molar-refractivity contribution in [2.45, 2.75) is 18.9 Å². The number of hydrogen-bond donors (Lipinski definition) is 1. The minimum absolute atomic E-state index is 0.0516. The third-order valence-corrected chi connectivity index (χ3v) is 4.68. The molecule has 0 bridgehead atoms. The molecule has 1 aromatic rings. The third kappa shape index (κ3) is 3.42. The molecule has 1 aromatic carbocycles. The number of carbonyl (C=O) groups is 3. The molecule has 2 heterocycles. The van der Waals surface area contributed by atoms with E-state index in [1.165, 1.54) is 21.9 Å². The van der Waals surface area contributed by atoms with Crippen molar-refractivity contribution >= 4 is 23.5 Å². The van der Waals surface area contributed by atoms with Crippen LogP contribution in [0.1, 0.15) is 12.8 Å². The van der Waals surface area contributed by atoms with Crippen LogP contribution >= 0.6 is 0 Å². The second-order valence-corrected chi connectivity index (χ2v) is 6.19. The Balaban J connectivity index is 1.63. The highest BCUT2D eigenvalue weighted by atomic mass is 19.1. The fourth-order valence-corrected chi connectivity index (χ4v) is 3.35. The summed E-state index contributed by atoms with van der Waals surface area (Å²) >= 11 is 0. The fourth-order valence-electron chi connectivity index (χ4n) is 3.35. The van der Waals surface area contributed by atoms with E-state index in [-0.39, 0.29) is 30.2 Å². The lowest BCUT2D eigenvalue weighted by atomic mass is 10.2. The van der Waals surface area contributed by atoms with E-state index >= 15 is 0 Å². The molecule has 1 atom stereocenters. The number of likely N-dealkylation sites (tertiary alicyclic amines) is 1. The summed E-state index contributed by atoms with van der Waals surface area (Å²) in [4.78, 5) is 41.5. The number of nitrogens with zero attached hydrogens (tertiary/aromatic N) is 3. The van der Waals surface area contributed by atoms with Gasteiger partial charge in [-0.15, -0.1) is 0 Å². The summed E-state index contributed by atoms with van der Waals surface area (Å²) in [5, 5.41) is 2.58. The van der Waals surface area contributed by atoms with Crippen molar-refractivity contribution in [3.63, 3.8) is 0 Å². The van der Waals surface area contributed by atoms with Gasteiger partial charge in [-0.25, -0.2) is 9.18 Å². The molecule has 0 radical (unpaired) electrons. The van der Waals surface area contributed by atoms with E-state index in [1.807, 2.05) is 0 Å². The SMILES string of the molecule is CNC(=O)C1CCCN1C(=O)CN1CCN(c2ccc(F)cc2)C1=O. The molecule has 0 aromatic heterocycles. The lowest BCUT2D eigenvalue weighted by Gasteiger charge is -2.26. The maximum atomic E-state index is 13.0. The Bertz CT molecular complexity index is 679. The second kappa shape index (κ2) is 7.08. The smallest absolute Gasteiger partial charge is 0.325 e. The molecule has 2 fully saturated rings. The van der Waals surface area contributed by atoms with E-state index in [2.05, 4.69) is 5.32 Å². The summed E-state index contributed by atoms with van der Waals surface area (Å²) in [7, 11) is 1.55. The molecule has 0 saturated carbocycles. The number of anilines is 1. The highest BCUT2D eigenvalue weighted by molar-refractivity contribution is 5.97. The van der Waals surface area contributed by atoms with Crippen LogP contribution in [-0.4, -0.2) is 66.9 Å². The van der Waals surface area contributed by atoms with Gasteiger partial charge in [-0.3, -0.25) is 14.5 Å². The number of amides is 4. The monoisotopic (exact) mass is 348 g/mol. The number of benzene rings is 1. The molecular weight excluding hydrogens is 327 g/mol. The molecule has 3 rings (SSSR count). The van der Waals surface area contributed by atoms with E-state index in [0.717, 1.165) is 6.42 Å². The van der Waals surface area contributed by atoms with E-state index in [1.54, 1.807) is 24.1 Å². The van der Waals surface area contributed by atoms with Crippen molar-refractivity contribution in [2.75, 3.05) is 38.1 Å². The number of nitrogens with one attached hydrogen (secondary N) is 1. The van der Waals surface area contributed by atoms with Crippen molar-refractivity contribution < 1.29 is 18.8 Å². The van der Waals surface area contributed by atoms with Crippen LogP contribution in [0.4, 0.5) is 14.9 Å². The Morgan fingerprint density at radius 2 is 1.92 bits per heavy atom. The first-order valence-electron chi connectivity index (χ1n) is 8.34. The van der Waals surface area contributed by atoms with Crippen molar-refractivity contribution in [3.05, 3.63) is 30.1 Å². The van der Waals surface area contributed by atoms with E-state index in [0.29, 0.717) is 31.7 Å². The van der Waals surface area contributed by atoms with Crippen LogP contribution in [0.5, 0.6) is 0 Å². The molecule has 25 heavy (non-hydrogen) atoms. The average Bonchev–Trinajstić information content (AvgIpc) is 3.23. The van der Waals surface area contributed by atoms with Crippen LogP contribution in [0.3, 0.4) is 0 Å². The Kier molecular flexibility index (Phi) is 4.87. The predicted molar refractivity (Wildman–Crippen MR) is 89.5 cm³/mol. The van der Waals surface area contributed by atoms with E-state index in [9.17, 15) is 18.8 Å². The minimum atomic E-state index is -0.455. The first-order chi connectivity index (χ1) is 12.0. The summed E-state index contributed by atoms with van der Waals surface area (Å²) in [6.45, 7) is 1.34. The van der Waals surface area contributed by atoms with Gasteiger partial charge >= 0.3 is 6.03 Å². The van der Waals surface area contributed by atoms with Gasteiger partial charge in [0.1, 0.15) is 18.4 Å². The van der Waals surface area contributed by atoms with Crippen molar-refractivity contribution in [1.29, 1.82) is 0 Å². The first kappa shape index (κ1) is 17.2. The van der Waals surface area contributed by atoms with Gasteiger partial charge in [-0.2, -0.15) is 0 Å². The van der Waals surface area contributed by atoms with Gasteiger partial charge in [0.2, 0.25) is 11.8 Å². The molecule has 8 heteroatoms. The van der Waals surface area contributed by atoms with E-state index < -0.39 is 6.04 Å². The second-order valence-electron chi connectivity index (χ2n) is 6.19. The van der Waals surface area contributed by atoms with Gasteiger partial charge in [0, 0.05) is 32.4 Å². The van der Waals surface area contributed by atoms with Gasteiger partial charge in [0.05, 0.1) is 0 Å². The molecule has 1 unspecified atom stereocenters. The molecule has 134 valence electrons. The average molecular weight is 348 g/mol. The predicted octanol–water partition coefficient (Wildman–Crippen LogP) is 0.805. The van der Waals surface area contributed by atoms with E-state index in [4.69, 9.17) is 0 Å². The molecule has 0 aliphatic carbocycles. The summed E-state index contributed by atoms with van der Waals surface area (Å²) in [5.41, 5.74) is 0.603. The van der Waals surface area contributed by atoms with Gasteiger partial charge in [-0.1, -0.05) is 0 Å². The quantitative estimate of drug-likeness (QED) is 0.875. The van der Waals surface area contributed by atoms with Crippen molar-refractivity contribution in [1.82, 2.24) is 15.1 Å². The fraction of sp³-hybridized carbons (Fsp3) is 0.471. The van der Waals surface area contributed by atoms with Crippen molar-refractivity contribution in [3.8, 4) is 0 Å². The molecule has 2 aliphatic rings. The van der Waals surface area contributed by atoms with Gasteiger partial charge in [0.15, 0.2) is 0 Å². The van der Waals surface area contributed by atoms with Crippen LogP contribution < -0.4 is 10.2 Å². The lowest BCUT2D eigenvalue weighted by molar-refractivity contribution is -0.138. The minimum Gasteiger partial charge on any atom is -0.357 e. The number of hydrogen-bond acceptors (Lipinski definition) is 3. The Morgan fingerprint density at radius 3 is 2.60 bits per heavy atom. The zero-order chi connectivity index (χ0) is 18.0. The Labute approximate surface area is 145 Å². The summed E-state index contributed by atoms with van der Waals surface area (Å²) < 4.78 is 13.0. The maximum absolute atomic E-state index is 13.0. The molecular formula is C17H21FN4O3. The maximum Gasteiger partial charge on any atom is 0.325 e. The zero-order valence-electron chi connectivity index (χ0n) is 14.1. The zero-order valence-corrected chi connectivity index (χ0v) is 14.1. The molecule has 0 spiro atoms. The van der Waals surface area contributed by atoms with Gasteiger partial charge in [-0.05, 0) is 37.1 Å². The number of likely N-dealkylation sites (N-methyl/N-ethyl adjacent to an activating group) is 1. The third-order valence-electron chi connectivity index (χ3n) is 4.68. The summed E-state index contributed by atoms with van der Waals surface area (Å²) in [6, 6.07) is 4.95. The normalized spacial score (nSPS) is 20.3. The number of rotatable bonds is 4.